The number of rotatable bonds is 1. The summed E-state index contributed by atoms with van der Waals surface area (Å²) in [7, 11) is 9.50. The summed E-state index contributed by atoms with van der Waals surface area (Å²) >= 11 is 0. The van der Waals surface area contributed by atoms with Crippen molar-refractivity contribution in [1.82, 2.24) is 0 Å². The van der Waals surface area contributed by atoms with Gasteiger partial charge < -0.3 is 5.73 Å². The van der Waals surface area contributed by atoms with Gasteiger partial charge in [-0.1, -0.05) is 27.2 Å². The lowest BCUT2D eigenvalue weighted by Gasteiger charge is -1.90. The Bertz CT molecular complexity index is 25.0. The van der Waals surface area contributed by atoms with Gasteiger partial charge in [-0.25, -0.2) is 0 Å². The summed E-state index contributed by atoms with van der Waals surface area (Å²) < 4.78 is 0. The molecule has 0 aliphatic carbocycles. The largest absolute Gasteiger partial charge is 0.333 e. The molecule has 0 aliphatic rings. The molecule has 52 valence electrons. The number of hydrogen-bond donors (Lipinski definition) is 1. The summed E-state index contributed by atoms with van der Waals surface area (Å²) in [5.41, 5.74) is 4.50. The van der Waals surface area contributed by atoms with Gasteiger partial charge >= 0.3 is 0 Å². The van der Waals surface area contributed by atoms with E-state index in [4.69, 9.17) is 0 Å². The molecule has 2 N–H and O–H groups in total. The van der Waals surface area contributed by atoms with E-state index in [0.717, 1.165) is 5.92 Å². The second kappa shape index (κ2) is 24.3. The standard InChI is InChI=1S/C5H12.CH5N.B2/c1-4-5(2)3;2*1-2/h5H,4H2,1-3H3;2H2,1H3;. The first-order chi connectivity index (χ1) is 4.27. The van der Waals surface area contributed by atoms with Gasteiger partial charge in [0.05, 0.1) is 0 Å². The van der Waals surface area contributed by atoms with Gasteiger partial charge in [-0.3, -0.25) is 0 Å². The zero-order chi connectivity index (χ0) is 8.28. The van der Waals surface area contributed by atoms with Gasteiger partial charge in [0.1, 0.15) is 0 Å². The molecule has 0 spiro atoms. The van der Waals surface area contributed by atoms with Crippen LogP contribution in [0, 0.1) is 5.92 Å². The van der Waals surface area contributed by atoms with Gasteiger partial charge in [0, 0.05) is 15.5 Å². The number of nitrogens with two attached hydrogens (primary N) is 1. The predicted octanol–water partition coefficient (Wildman–Crippen LogP) is 0.866. The molecule has 0 rings (SSSR count). The molecule has 0 aromatic carbocycles. The van der Waals surface area contributed by atoms with E-state index < -0.39 is 0 Å². The van der Waals surface area contributed by atoms with Crippen LogP contribution in [-0.4, -0.2) is 22.5 Å². The summed E-state index contributed by atoms with van der Waals surface area (Å²) in [6, 6.07) is 0. The Morgan fingerprint density at radius 3 is 1.33 bits per heavy atom. The van der Waals surface area contributed by atoms with Crippen molar-refractivity contribution in [1.29, 1.82) is 0 Å². The minimum atomic E-state index is 0.884. The van der Waals surface area contributed by atoms with E-state index in [9.17, 15) is 0 Å². The van der Waals surface area contributed by atoms with Crippen LogP contribution >= 0.6 is 0 Å². The average Bonchev–Trinajstić information content (AvgIpc) is 1.97. The van der Waals surface area contributed by atoms with Crippen molar-refractivity contribution >= 4 is 15.5 Å². The van der Waals surface area contributed by atoms with Crippen LogP contribution in [0.25, 0.3) is 0 Å². The molecule has 4 radical (unpaired) electrons. The van der Waals surface area contributed by atoms with Crippen molar-refractivity contribution in [2.75, 3.05) is 7.05 Å². The lowest BCUT2D eigenvalue weighted by Crippen LogP contribution is -1.77. The summed E-state index contributed by atoms with van der Waals surface area (Å²) in [5.74, 6) is 0.884. The molecule has 0 unspecified atom stereocenters. The van der Waals surface area contributed by atoms with E-state index in [0.29, 0.717) is 0 Å². The highest BCUT2D eigenvalue weighted by atomic mass is 14.4. The van der Waals surface area contributed by atoms with Crippen molar-refractivity contribution in [2.45, 2.75) is 27.2 Å². The zero-order valence-electron chi connectivity index (χ0n) is 7.02. The highest BCUT2D eigenvalue weighted by molar-refractivity contribution is 6.75. The topological polar surface area (TPSA) is 26.0 Å². The van der Waals surface area contributed by atoms with Crippen LogP contribution in [0.15, 0.2) is 0 Å². The zero-order valence-corrected chi connectivity index (χ0v) is 7.02. The van der Waals surface area contributed by atoms with E-state index in [1.165, 1.54) is 13.5 Å². The van der Waals surface area contributed by atoms with E-state index >= 15 is 0 Å². The van der Waals surface area contributed by atoms with Crippen molar-refractivity contribution in [3.8, 4) is 0 Å². The van der Waals surface area contributed by atoms with E-state index in [2.05, 4.69) is 42.0 Å². The maximum Gasteiger partial charge on any atom is 0 e. The Hall–Kier alpha value is 0.0899. The Balaban J connectivity index is -0.0000000771. The molecule has 0 saturated carbocycles. The first-order valence-electron chi connectivity index (χ1n) is 3.18. The molecular formula is C6H17B2N. The molecule has 0 bridgehead atoms. The van der Waals surface area contributed by atoms with Crippen LogP contribution < -0.4 is 5.73 Å². The second-order valence-electron chi connectivity index (χ2n) is 1.80. The molecule has 0 heterocycles. The fraction of sp³-hybridized carbons (Fsp3) is 1.00. The molecule has 9 heavy (non-hydrogen) atoms. The summed E-state index contributed by atoms with van der Waals surface area (Å²) in [6.07, 6.45) is 1.31. The summed E-state index contributed by atoms with van der Waals surface area (Å²) in [5, 5.41) is 0. The summed E-state index contributed by atoms with van der Waals surface area (Å²) in [4.78, 5) is 0. The van der Waals surface area contributed by atoms with Crippen LogP contribution in [0.4, 0.5) is 0 Å². The van der Waals surface area contributed by atoms with Crippen LogP contribution in [0.2, 0.25) is 0 Å². The molecule has 0 aromatic rings. The van der Waals surface area contributed by atoms with Gasteiger partial charge in [0.25, 0.3) is 0 Å². The maximum absolute atomic E-state index is 4.50. The predicted molar refractivity (Wildman–Crippen MR) is 46.7 cm³/mol. The Morgan fingerprint density at radius 2 is 1.33 bits per heavy atom. The van der Waals surface area contributed by atoms with E-state index in [-0.39, 0.29) is 0 Å². The van der Waals surface area contributed by atoms with E-state index in [1.807, 2.05) is 0 Å². The summed E-state index contributed by atoms with van der Waals surface area (Å²) in [6.45, 7) is 6.64. The third-order valence-electron chi connectivity index (χ3n) is 0.816. The highest BCUT2D eigenvalue weighted by Crippen LogP contribution is 1.93. The SMILES string of the molecule is CCC(C)C.CN.[B][B]. The smallest absolute Gasteiger partial charge is 0 e. The second-order valence-corrected chi connectivity index (χ2v) is 1.80. The first-order valence-corrected chi connectivity index (χ1v) is 3.18. The molecule has 0 saturated heterocycles. The molecular weight excluding hydrogens is 108 g/mol. The number of hydrogen-bond acceptors (Lipinski definition) is 1. The van der Waals surface area contributed by atoms with Crippen LogP contribution in [-0.2, 0) is 0 Å². The Morgan fingerprint density at radius 1 is 1.22 bits per heavy atom. The third-order valence-corrected chi connectivity index (χ3v) is 0.816. The van der Waals surface area contributed by atoms with Gasteiger partial charge in [-0.15, -0.1) is 0 Å². The van der Waals surface area contributed by atoms with Gasteiger partial charge in [0.15, 0.2) is 0 Å². The molecule has 0 aliphatic heterocycles. The normalized spacial score (nSPS) is 6.44. The molecule has 0 amide bonds. The lowest BCUT2D eigenvalue weighted by molar-refractivity contribution is 0.626. The van der Waals surface area contributed by atoms with Crippen LogP contribution in [0.3, 0.4) is 0 Å². The minimum Gasteiger partial charge on any atom is -0.333 e. The molecule has 3 heteroatoms. The fourth-order valence-electron chi connectivity index (χ4n) is 0. The van der Waals surface area contributed by atoms with Gasteiger partial charge in [-0.2, -0.15) is 0 Å². The third kappa shape index (κ3) is 68.7. The molecule has 1 nitrogen and oxygen atoms in total. The Labute approximate surface area is 62.2 Å². The quantitative estimate of drug-likeness (QED) is 0.516. The first kappa shape index (κ1) is 16.0. The molecule has 0 atom stereocenters. The Kier molecular flexibility index (Phi) is 43.3. The van der Waals surface area contributed by atoms with Crippen LogP contribution in [0.5, 0.6) is 0 Å². The lowest BCUT2D eigenvalue weighted by atomic mass is 9.81. The monoisotopic (exact) mass is 125 g/mol. The molecule has 0 aromatic heterocycles. The molecule has 0 fully saturated rings. The van der Waals surface area contributed by atoms with Crippen molar-refractivity contribution in [2.24, 2.45) is 11.7 Å². The van der Waals surface area contributed by atoms with Crippen molar-refractivity contribution in [3.63, 3.8) is 0 Å². The van der Waals surface area contributed by atoms with E-state index in [1.54, 1.807) is 0 Å². The van der Waals surface area contributed by atoms with Crippen LogP contribution in [0.1, 0.15) is 27.2 Å². The van der Waals surface area contributed by atoms with Crippen molar-refractivity contribution in [3.05, 3.63) is 0 Å². The van der Waals surface area contributed by atoms with Crippen molar-refractivity contribution < 1.29 is 0 Å². The van der Waals surface area contributed by atoms with Gasteiger partial charge in [-0.05, 0) is 13.0 Å². The highest BCUT2D eigenvalue weighted by Gasteiger charge is 1.80. The maximum atomic E-state index is 4.50. The average molecular weight is 125 g/mol. The fourth-order valence-corrected chi connectivity index (χ4v) is 0. The minimum absolute atomic E-state index is 0.884. The van der Waals surface area contributed by atoms with Gasteiger partial charge in [0.2, 0.25) is 0 Å².